The van der Waals surface area contributed by atoms with Gasteiger partial charge in [0.05, 0.1) is 11.3 Å². The van der Waals surface area contributed by atoms with E-state index >= 15 is 0 Å². The van der Waals surface area contributed by atoms with Crippen molar-refractivity contribution in [3.8, 4) is 12.3 Å². The fraction of sp³-hybridized carbons (Fsp3) is 0.385. The Morgan fingerprint density at radius 1 is 1.22 bits per heavy atom. The molecule has 0 fully saturated rings. The van der Waals surface area contributed by atoms with Gasteiger partial charge in [-0.25, -0.2) is 4.39 Å². The lowest BCUT2D eigenvalue weighted by Gasteiger charge is -2.10. The molecule has 5 heteroatoms. The molecule has 1 aromatic carbocycles. The Labute approximate surface area is 103 Å². The molecule has 0 spiro atoms. The van der Waals surface area contributed by atoms with Crippen LogP contribution in [-0.4, -0.2) is 6.54 Å². The molecule has 0 aliphatic heterocycles. The molecule has 0 saturated carbocycles. The number of hydrogen-bond acceptors (Lipinski definition) is 1. The number of benzene rings is 1. The highest BCUT2D eigenvalue weighted by Crippen LogP contribution is 2.31. The van der Waals surface area contributed by atoms with E-state index in [0.29, 0.717) is 19.0 Å². The van der Waals surface area contributed by atoms with Gasteiger partial charge in [0.25, 0.3) is 0 Å². The van der Waals surface area contributed by atoms with E-state index in [1.807, 2.05) is 0 Å². The molecule has 0 aromatic heterocycles. The van der Waals surface area contributed by atoms with Gasteiger partial charge in [0.2, 0.25) is 0 Å². The molecule has 0 aliphatic carbocycles. The molecule has 0 radical (unpaired) electrons. The first-order valence-corrected chi connectivity index (χ1v) is 5.49. The van der Waals surface area contributed by atoms with Crippen molar-refractivity contribution in [2.45, 2.75) is 25.4 Å². The van der Waals surface area contributed by atoms with Crippen molar-refractivity contribution in [1.82, 2.24) is 0 Å². The van der Waals surface area contributed by atoms with Gasteiger partial charge in [0.1, 0.15) is 5.82 Å². The van der Waals surface area contributed by atoms with Gasteiger partial charge >= 0.3 is 6.18 Å². The first-order chi connectivity index (χ1) is 8.45. The zero-order valence-corrected chi connectivity index (χ0v) is 9.65. The van der Waals surface area contributed by atoms with Gasteiger partial charge in [0, 0.05) is 13.0 Å². The number of anilines is 1. The molecule has 1 aromatic rings. The molecule has 1 N–H and O–H groups in total. The predicted octanol–water partition coefficient (Wildman–Crippen LogP) is 4.06. The van der Waals surface area contributed by atoms with Crippen molar-refractivity contribution in [2.75, 3.05) is 11.9 Å². The first-order valence-electron chi connectivity index (χ1n) is 5.49. The minimum atomic E-state index is -4.52. The highest BCUT2D eigenvalue weighted by Gasteiger charge is 2.31. The summed E-state index contributed by atoms with van der Waals surface area (Å²) in [5.41, 5.74) is -0.915. The second kappa shape index (κ2) is 6.29. The predicted molar refractivity (Wildman–Crippen MR) is 62.6 cm³/mol. The molecule has 0 saturated heterocycles. The monoisotopic (exact) mass is 259 g/mol. The molecule has 1 rings (SSSR count). The summed E-state index contributed by atoms with van der Waals surface area (Å²) in [6, 6.07) is 2.44. The van der Waals surface area contributed by atoms with Crippen LogP contribution in [0, 0.1) is 18.2 Å². The first kappa shape index (κ1) is 14.4. The molecule has 18 heavy (non-hydrogen) atoms. The molecule has 98 valence electrons. The number of halogens is 4. The third kappa shape index (κ3) is 4.28. The van der Waals surface area contributed by atoms with Crippen molar-refractivity contribution in [2.24, 2.45) is 0 Å². The molecule has 0 aliphatic rings. The summed E-state index contributed by atoms with van der Waals surface area (Å²) < 4.78 is 50.2. The maximum Gasteiger partial charge on any atom is 0.416 e. The second-order valence-corrected chi connectivity index (χ2v) is 3.78. The van der Waals surface area contributed by atoms with Crippen molar-refractivity contribution in [3.63, 3.8) is 0 Å². The van der Waals surface area contributed by atoms with Crippen LogP contribution in [0.4, 0.5) is 23.2 Å². The van der Waals surface area contributed by atoms with E-state index in [-0.39, 0.29) is 5.69 Å². The molecule has 0 atom stereocenters. The topological polar surface area (TPSA) is 12.0 Å². The van der Waals surface area contributed by atoms with Crippen molar-refractivity contribution in [3.05, 3.63) is 29.6 Å². The third-order valence-electron chi connectivity index (χ3n) is 2.36. The lowest BCUT2D eigenvalue weighted by molar-refractivity contribution is -0.137. The number of alkyl halides is 3. The maximum absolute atomic E-state index is 13.4. The van der Waals surface area contributed by atoms with Crippen molar-refractivity contribution < 1.29 is 17.6 Å². The Bertz CT molecular complexity index is 432. The van der Waals surface area contributed by atoms with Crippen LogP contribution in [0.5, 0.6) is 0 Å². The highest BCUT2D eigenvalue weighted by molar-refractivity contribution is 5.46. The number of terminal acetylenes is 1. The minimum absolute atomic E-state index is 0.0729. The minimum Gasteiger partial charge on any atom is -0.383 e. The second-order valence-electron chi connectivity index (χ2n) is 3.78. The number of nitrogens with one attached hydrogen (secondary N) is 1. The Hall–Kier alpha value is -1.70. The van der Waals surface area contributed by atoms with E-state index in [4.69, 9.17) is 6.42 Å². The average Bonchev–Trinajstić information content (AvgIpc) is 2.29. The summed E-state index contributed by atoms with van der Waals surface area (Å²) in [5.74, 6) is 1.57. The van der Waals surface area contributed by atoms with E-state index in [2.05, 4.69) is 11.2 Å². The Kier molecular flexibility index (Phi) is 5.02. The van der Waals surface area contributed by atoms with Crippen LogP contribution in [0.2, 0.25) is 0 Å². The summed E-state index contributed by atoms with van der Waals surface area (Å²) in [5, 5.41) is 2.74. The van der Waals surface area contributed by atoms with Crippen LogP contribution in [0.1, 0.15) is 24.8 Å². The van der Waals surface area contributed by atoms with Crippen molar-refractivity contribution >= 4 is 5.69 Å². The van der Waals surface area contributed by atoms with Crippen LogP contribution in [0.25, 0.3) is 0 Å². The van der Waals surface area contributed by atoms with E-state index in [9.17, 15) is 17.6 Å². The van der Waals surface area contributed by atoms with Gasteiger partial charge in [-0.2, -0.15) is 13.2 Å². The fourth-order valence-electron chi connectivity index (χ4n) is 1.41. The molecule has 1 nitrogen and oxygen atoms in total. The maximum atomic E-state index is 13.4. The lowest BCUT2D eigenvalue weighted by Crippen LogP contribution is -2.08. The number of rotatable bonds is 5. The van der Waals surface area contributed by atoms with Crippen LogP contribution in [0.15, 0.2) is 18.2 Å². The zero-order valence-electron chi connectivity index (χ0n) is 9.65. The standard InChI is InChI=1S/C13H13F4N/c1-2-3-4-5-8-18-12-7-6-10(9-11(12)14)13(15,16)17/h1,6-7,9,18H,3-5,8H2. The number of hydrogen-bond donors (Lipinski definition) is 1. The molecule has 0 amide bonds. The van der Waals surface area contributed by atoms with Gasteiger partial charge in [0.15, 0.2) is 0 Å². The van der Waals surface area contributed by atoms with Gasteiger partial charge in [-0.1, -0.05) is 0 Å². The average molecular weight is 259 g/mol. The molecular formula is C13H13F4N. The SMILES string of the molecule is C#CCCCCNc1ccc(C(F)(F)F)cc1F. The van der Waals surface area contributed by atoms with E-state index in [1.54, 1.807) is 0 Å². The number of unbranched alkanes of at least 4 members (excludes halogenated alkanes) is 2. The smallest absolute Gasteiger partial charge is 0.383 e. The van der Waals surface area contributed by atoms with Crippen LogP contribution in [0.3, 0.4) is 0 Å². The normalized spacial score (nSPS) is 11.1. The zero-order chi connectivity index (χ0) is 13.6. The Morgan fingerprint density at radius 2 is 1.94 bits per heavy atom. The highest BCUT2D eigenvalue weighted by atomic mass is 19.4. The summed E-state index contributed by atoms with van der Waals surface area (Å²) in [7, 11) is 0. The summed E-state index contributed by atoms with van der Waals surface area (Å²) >= 11 is 0. The molecular weight excluding hydrogens is 246 g/mol. The van der Waals surface area contributed by atoms with E-state index in [1.165, 1.54) is 0 Å². The molecule has 0 bridgehead atoms. The van der Waals surface area contributed by atoms with Gasteiger partial charge < -0.3 is 5.32 Å². The summed E-state index contributed by atoms with van der Waals surface area (Å²) in [4.78, 5) is 0. The van der Waals surface area contributed by atoms with Crippen LogP contribution < -0.4 is 5.32 Å². The van der Waals surface area contributed by atoms with Gasteiger partial charge in [-0.05, 0) is 31.0 Å². The molecule has 0 heterocycles. The van der Waals surface area contributed by atoms with Crippen molar-refractivity contribution in [1.29, 1.82) is 0 Å². The lowest BCUT2D eigenvalue weighted by atomic mass is 10.2. The Morgan fingerprint density at radius 3 is 2.50 bits per heavy atom. The largest absolute Gasteiger partial charge is 0.416 e. The van der Waals surface area contributed by atoms with Gasteiger partial charge in [-0.3, -0.25) is 0 Å². The Balaban J connectivity index is 2.56. The fourth-order valence-corrected chi connectivity index (χ4v) is 1.41. The van der Waals surface area contributed by atoms with Crippen LogP contribution in [-0.2, 0) is 6.18 Å². The summed E-state index contributed by atoms with van der Waals surface area (Å²) in [6.45, 7) is 0.476. The van der Waals surface area contributed by atoms with Crippen LogP contribution >= 0.6 is 0 Å². The van der Waals surface area contributed by atoms with Gasteiger partial charge in [-0.15, -0.1) is 12.3 Å². The van der Waals surface area contributed by atoms with E-state index in [0.717, 1.165) is 25.0 Å². The molecule has 0 unspecified atom stereocenters. The van der Waals surface area contributed by atoms with E-state index < -0.39 is 17.6 Å². The summed E-state index contributed by atoms with van der Waals surface area (Å²) in [6.07, 6.45) is 2.72. The quantitative estimate of drug-likeness (QED) is 0.477. The third-order valence-corrected chi connectivity index (χ3v) is 2.36.